The fraction of sp³-hybridized carbons (Fsp3) is 0.109. The Balaban J connectivity index is 0.960. The van der Waals surface area contributed by atoms with Gasteiger partial charge < -0.3 is 5.32 Å². The van der Waals surface area contributed by atoms with Crippen molar-refractivity contribution in [1.29, 1.82) is 0 Å². The van der Waals surface area contributed by atoms with Gasteiger partial charge in [-0.15, -0.1) is 6.58 Å². The molecule has 4 heteroatoms. The topological polar surface area (TPSA) is 49.6 Å². The molecule has 3 aliphatic rings. The van der Waals surface area contributed by atoms with E-state index in [0.717, 1.165) is 71.0 Å². The number of hydrogen-bond acceptors (Lipinski definition) is 4. The zero-order valence-corrected chi connectivity index (χ0v) is 38.2. The molecular weight excluding hydrogens is 825 g/mol. The average Bonchev–Trinajstić information content (AvgIpc) is 3.41. The van der Waals surface area contributed by atoms with Gasteiger partial charge in [0.05, 0.1) is 0 Å². The lowest BCUT2D eigenvalue weighted by Crippen LogP contribution is -2.36. The van der Waals surface area contributed by atoms with E-state index >= 15 is 0 Å². The zero-order chi connectivity index (χ0) is 45.8. The van der Waals surface area contributed by atoms with Crippen LogP contribution in [0.25, 0.3) is 54.2 Å². The number of aryl methyl sites for hydroxylation is 1. The number of rotatable bonds is 12. The second-order valence-electron chi connectivity index (χ2n) is 18.0. The first kappa shape index (κ1) is 42.4. The summed E-state index contributed by atoms with van der Waals surface area (Å²) in [5.74, 6) is 1.58. The molecule has 4 nitrogen and oxygen atoms in total. The summed E-state index contributed by atoms with van der Waals surface area (Å²) >= 11 is 0. The summed E-state index contributed by atoms with van der Waals surface area (Å²) in [4.78, 5) is 15.2. The van der Waals surface area contributed by atoms with E-state index in [1.54, 1.807) is 0 Å². The molecule has 1 aliphatic heterocycles. The van der Waals surface area contributed by atoms with Crippen LogP contribution < -0.4 is 5.32 Å². The first-order valence-electron chi connectivity index (χ1n) is 23.8. The maximum Gasteiger partial charge on any atom is 0.169 e. The van der Waals surface area contributed by atoms with Crippen molar-refractivity contribution < 1.29 is 0 Å². The molecule has 7 aromatic carbocycles. The van der Waals surface area contributed by atoms with Crippen molar-refractivity contribution in [3.63, 3.8) is 0 Å². The Labute approximate surface area is 398 Å². The Bertz CT molecular complexity index is 3550. The Morgan fingerprint density at radius 3 is 2.25 bits per heavy atom. The van der Waals surface area contributed by atoms with Crippen molar-refractivity contribution in [2.24, 2.45) is 15.9 Å². The molecule has 2 unspecified atom stereocenters. The maximum absolute atomic E-state index is 5.30. The van der Waals surface area contributed by atoms with E-state index < -0.39 is 6.17 Å². The molecule has 0 saturated carbocycles. The van der Waals surface area contributed by atoms with Gasteiger partial charge in [-0.3, -0.25) is 4.98 Å². The number of pyridine rings is 1. The molecule has 0 fully saturated rings. The number of benzene rings is 7. The number of amidine groups is 2. The Hall–Kier alpha value is -8.21. The number of hydrogen-bond donors (Lipinski definition) is 1. The van der Waals surface area contributed by atoms with Crippen molar-refractivity contribution in [1.82, 2.24) is 10.3 Å². The number of nitrogens with zero attached hydrogens (tertiary/aromatic N) is 3. The van der Waals surface area contributed by atoms with Gasteiger partial charge in [-0.05, 0) is 127 Å². The largest absolute Gasteiger partial charge is 0.324 e. The van der Waals surface area contributed by atoms with E-state index in [1.807, 2.05) is 18.5 Å². The van der Waals surface area contributed by atoms with E-state index in [-0.39, 0.29) is 5.92 Å². The lowest BCUT2D eigenvalue weighted by Gasteiger charge is -2.24. The van der Waals surface area contributed by atoms with Crippen LogP contribution in [0.4, 0.5) is 0 Å². The Morgan fingerprint density at radius 1 is 0.691 bits per heavy atom. The summed E-state index contributed by atoms with van der Waals surface area (Å²) in [6.07, 6.45) is 28.7. The molecule has 8 aromatic rings. The van der Waals surface area contributed by atoms with Gasteiger partial charge in [0.15, 0.2) is 6.17 Å². The number of nitrogens with one attached hydrogen (secondary N) is 1. The molecule has 0 spiro atoms. The minimum Gasteiger partial charge on any atom is -0.324 e. The zero-order valence-electron chi connectivity index (χ0n) is 38.2. The molecule has 2 heterocycles. The number of allylic oxidation sites excluding steroid dienone is 12. The van der Waals surface area contributed by atoms with Crippen LogP contribution in [0.1, 0.15) is 59.7 Å². The van der Waals surface area contributed by atoms with Crippen molar-refractivity contribution in [3.8, 4) is 0 Å². The average molecular weight is 877 g/mol. The monoisotopic (exact) mass is 876 g/mol. The third-order valence-electron chi connectivity index (χ3n) is 13.5. The highest BCUT2D eigenvalue weighted by Crippen LogP contribution is 2.38. The van der Waals surface area contributed by atoms with Gasteiger partial charge >= 0.3 is 0 Å². The predicted molar refractivity (Wildman–Crippen MR) is 289 cm³/mol. The standard InChI is InChI=1S/C64H52N4/c1-3-4-14-44-25-28-49(29-26-44)63-66-62(67-64(68-63)54-36-33-46-16-5-6-17-50(46)39-54)43(2)37-51(30-27-45-15-13-20-52(38-45)61-42-65-41-55-19-8-10-22-57(55)61)47-31-34-48(35-32-47)60-40-53-18-7-9-21-56(53)58-23-11-12-24-59(58)60/h3,5-12,15-19,21-31,33-42,47,64H,1-2,4,13-14,20,32H2,(H,66,67,68)/b30-27+,51-37+. The number of aromatic nitrogens is 1. The second-order valence-corrected chi connectivity index (χ2v) is 18.0. The minimum atomic E-state index is -0.452. The molecule has 328 valence electrons. The Morgan fingerprint density at radius 2 is 1.44 bits per heavy atom. The van der Waals surface area contributed by atoms with Crippen LogP contribution in [-0.2, 0) is 6.42 Å². The van der Waals surface area contributed by atoms with Gasteiger partial charge in [0.2, 0.25) is 0 Å². The lowest BCUT2D eigenvalue weighted by molar-refractivity contribution is 0.756. The van der Waals surface area contributed by atoms with Crippen LogP contribution in [0.2, 0.25) is 0 Å². The SMILES string of the molecule is C=CCCc1ccc(C2=NC(c3ccc4ccccc4c3)N=C(C(=C)/C=C(\C=C\C3=CCCC(c4cncc5ccccc45)=C3)C3C=CC(c4cc5ccccc5c5ccccc45)=CC3)N2)cc1. The van der Waals surface area contributed by atoms with E-state index in [4.69, 9.17) is 16.6 Å². The summed E-state index contributed by atoms with van der Waals surface area (Å²) in [6.45, 7) is 8.64. The molecule has 1 aromatic heterocycles. The molecule has 68 heavy (non-hydrogen) atoms. The fourth-order valence-corrected chi connectivity index (χ4v) is 9.90. The van der Waals surface area contributed by atoms with Gasteiger partial charge in [-0.2, -0.15) is 0 Å². The van der Waals surface area contributed by atoms with E-state index in [1.165, 1.54) is 65.7 Å². The molecule has 0 bridgehead atoms. The van der Waals surface area contributed by atoms with Crippen molar-refractivity contribution in [3.05, 3.63) is 270 Å². The summed E-state index contributed by atoms with van der Waals surface area (Å²) < 4.78 is 0. The second kappa shape index (κ2) is 18.9. The summed E-state index contributed by atoms with van der Waals surface area (Å²) in [5, 5.41) is 13.5. The summed E-state index contributed by atoms with van der Waals surface area (Å²) in [6, 6.07) is 52.0. The van der Waals surface area contributed by atoms with Gasteiger partial charge in [0.25, 0.3) is 0 Å². The predicted octanol–water partition coefficient (Wildman–Crippen LogP) is 15.8. The molecule has 0 saturated heterocycles. The van der Waals surface area contributed by atoms with Crippen LogP contribution >= 0.6 is 0 Å². The lowest BCUT2D eigenvalue weighted by atomic mass is 9.84. The third kappa shape index (κ3) is 8.77. The van der Waals surface area contributed by atoms with Crippen molar-refractivity contribution >= 4 is 65.9 Å². The highest BCUT2D eigenvalue weighted by atomic mass is 15.2. The highest BCUT2D eigenvalue weighted by molar-refractivity contribution is 6.17. The minimum absolute atomic E-state index is 0.102. The van der Waals surface area contributed by atoms with Gasteiger partial charge in [-0.25, -0.2) is 9.98 Å². The highest BCUT2D eigenvalue weighted by Gasteiger charge is 2.23. The normalized spacial score (nSPS) is 17.4. The fourth-order valence-electron chi connectivity index (χ4n) is 9.90. The van der Waals surface area contributed by atoms with Gasteiger partial charge in [0.1, 0.15) is 11.7 Å². The Kier molecular flexibility index (Phi) is 11.8. The van der Waals surface area contributed by atoms with E-state index in [9.17, 15) is 0 Å². The van der Waals surface area contributed by atoms with Crippen LogP contribution in [0.3, 0.4) is 0 Å². The van der Waals surface area contributed by atoms with E-state index in [2.05, 4.69) is 211 Å². The van der Waals surface area contributed by atoms with Crippen molar-refractivity contribution in [2.45, 2.75) is 38.3 Å². The van der Waals surface area contributed by atoms with Crippen LogP contribution in [0.15, 0.2) is 253 Å². The first-order valence-corrected chi connectivity index (χ1v) is 23.8. The number of fused-ring (bicyclic) bond motifs is 5. The maximum atomic E-state index is 5.30. The molecule has 2 atom stereocenters. The first-order chi connectivity index (χ1) is 33.5. The smallest absolute Gasteiger partial charge is 0.169 e. The van der Waals surface area contributed by atoms with Gasteiger partial charge in [-0.1, -0.05) is 189 Å². The summed E-state index contributed by atoms with van der Waals surface area (Å²) in [5.41, 5.74) is 11.4. The van der Waals surface area contributed by atoms with Crippen molar-refractivity contribution in [2.75, 3.05) is 0 Å². The van der Waals surface area contributed by atoms with Gasteiger partial charge in [0, 0.05) is 40.4 Å². The third-order valence-corrected chi connectivity index (χ3v) is 13.5. The van der Waals surface area contributed by atoms with Crippen LogP contribution in [-0.4, -0.2) is 16.7 Å². The molecule has 11 rings (SSSR count). The van der Waals surface area contributed by atoms with Crippen LogP contribution in [0.5, 0.6) is 0 Å². The summed E-state index contributed by atoms with van der Waals surface area (Å²) in [7, 11) is 0. The molecular formula is C64H52N4. The molecule has 0 radical (unpaired) electrons. The molecule has 2 aliphatic carbocycles. The molecule has 0 amide bonds. The van der Waals surface area contributed by atoms with E-state index in [0.29, 0.717) is 5.84 Å². The van der Waals surface area contributed by atoms with Crippen LogP contribution in [0, 0.1) is 5.92 Å². The quantitative estimate of drug-likeness (QED) is 0.0755. The molecule has 1 N–H and O–H groups in total. The number of aliphatic imine (C=N–C) groups is 2.